The fraction of sp³-hybridized carbons (Fsp3) is 0.476. The van der Waals surface area contributed by atoms with E-state index in [0.717, 1.165) is 37.2 Å². The summed E-state index contributed by atoms with van der Waals surface area (Å²) in [6, 6.07) is 6.75. The third kappa shape index (κ3) is 5.81. The van der Waals surface area contributed by atoms with Crippen molar-refractivity contribution in [2.75, 3.05) is 32.1 Å². The molecule has 1 unspecified atom stereocenters. The number of hydrogen-bond donors (Lipinski definition) is 1. The normalized spacial score (nSPS) is 12.1. The minimum atomic E-state index is -0.547. The van der Waals surface area contributed by atoms with E-state index < -0.39 is 11.5 Å². The zero-order chi connectivity index (χ0) is 21.4. The molecule has 7 nitrogen and oxygen atoms in total. The number of nitrogens with zero attached hydrogens (tertiary/aromatic N) is 3. The lowest BCUT2D eigenvalue weighted by molar-refractivity contribution is 0.0600. The molecule has 0 amide bonds. The highest BCUT2D eigenvalue weighted by Gasteiger charge is 2.18. The summed E-state index contributed by atoms with van der Waals surface area (Å²) in [5.74, 6) is -0.547. The van der Waals surface area contributed by atoms with Crippen LogP contribution >= 0.6 is 11.6 Å². The summed E-state index contributed by atoms with van der Waals surface area (Å²) in [5, 5.41) is 7.52. The van der Waals surface area contributed by atoms with E-state index in [0.29, 0.717) is 11.4 Å². The Morgan fingerprint density at radius 3 is 2.66 bits per heavy atom. The highest BCUT2D eigenvalue weighted by Crippen LogP contribution is 2.20. The summed E-state index contributed by atoms with van der Waals surface area (Å²) in [6.07, 6.45) is 3.50. The monoisotopic (exact) mass is 420 g/mol. The average Bonchev–Trinajstić information content (AvgIpc) is 2.74. The molecule has 2 aromatic rings. The van der Waals surface area contributed by atoms with Crippen LogP contribution in [0.2, 0.25) is 5.02 Å². The Bertz CT molecular complexity index is 880. The summed E-state index contributed by atoms with van der Waals surface area (Å²) in [6.45, 7) is 9.49. The van der Waals surface area contributed by atoms with Crippen molar-refractivity contribution in [2.24, 2.45) is 0 Å². The van der Waals surface area contributed by atoms with Crippen molar-refractivity contribution < 1.29 is 9.53 Å². The molecule has 1 N–H and O–H groups in total. The van der Waals surface area contributed by atoms with Crippen LogP contribution in [-0.4, -0.2) is 53.4 Å². The minimum Gasteiger partial charge on any atom is -0.465 e. The van der Waals surface area contributed by atoms with Gasteiger partial charge in [0.15, 0.2) is 0 Å². The molecule has 0 bridgehead atoms. The average molecular weight is 421 g/mol. The van der Waals surface area contributed by atoms with Crippen LogP contribution in [0.15, 0.2) is 35.3 Å². The maximum Gasteiger partial charge on any atom is 0.340 e. The molecular formula is C21H29ClN4O3. The molecule has 0 aliphatic rings. The smallest absolute Gasteiger partial charge is 0.340 e. The molecule has 0 spiro atoms. The number of anilines is 1. The van der Waals surface area contributed by atoms with Gasteiger partial charge in [-0.25, -0.2) is 4.79 Å². The molecule has 0 radical (unpaired) electrons. The molecule has 8 heteroatoms. The van der Waals surface area contributed by atoms with Crippen LogP contribution in [0.1, 0.15) is 44.0 Å². The Hall–Kier alpha value is -2.38. The van der Waals surface area contributed by atoms with E-state index in [1.807, 2.05) is 0 Å². The number of methoxy groups -OCH3 is 1. The van der Waals surface area contributed by atoms with Gasteiger partial charge >= 0.3 is 5.97 Å². The van der Waals surface area contributed by atoms with Crippen LogP contribution in [-0.2, 0) is 4.74 Å². The number of carbonyl (C=O) groups excluding carboxylic acids is 1. The van der Waals surface area contributed by atoms with E-state index in [1.165, 1.54) is 13.3 Å². The van der Waals surface area contributed by atoms with Gasteiger partial charge in [0.05, 0.1) is 30.2 Å². The standard InChI is InChI=1S/C21H29ClN4O3/c1-5-25(6-2)13-9-10-15(3)24-17-14-23-26(20(27)19(17)22)18-12-8-7-11-16(18)21(28)29-4/h7-8,11-12,14-15,24H,5-6,9-10,13H2,1-4H3. The fourth-order valence-corrected chi connectivity index (χ4v) is 3.33. The predicted octanol–water partition coefficient (Wildman–Crippen LogP) is 3.59. The lowest BCUT2D eigenvalue weighted by atomic mass is 10.1. The first-order valence-electron chi connectivity index (χ1n) is 9.87. The number of carbonyl (C=O) groups is 1. The topological polar surface area (TPSA) is 76.5 Å². The van der Waals surface area contributed by atoms with Crippen molar-refractivity contribution in [3.05, 3.63) is 51.4 Å². The molecule has 0 saturated heterocycles. The molecule has 1 heterocycles. The first-order chi connectivity index (χ1) is 13.9. The summed E-state index contributed by atoms with van der Waals surface area (Å²) in [5.41, 5.74) is 0.554. The first-order valence-corrected chi connectivity index (χ1v) is 10.2. The summed E-state index contributed by atoms with van der Waals surface area (Å²) >= 11 is 6.33. The van der Waals surface area contributed by atoms with Crippen molar-refractivity contribution in [3.63, 3.8) is 0 Å². The third-order valence-corrected chi connectivity index (χ3v) is 5.23. The number of benzene rings is 1. The Morgan fingerprint density at radius 1 is 1.31 bits per heavy atom. The number of hydrogen-bond acceptors (Lipinski definition) is 6. The molecule has 0 aliphatic heterocycles. The van der Waals surface area contributed by atoms with Gasteiger partial charge in [-0.1, -0.05) is 37.6 Å². The van der Waals surface area contributed by atoms with Crippen molar-refractivity contribution in [1.82, 2.24) is 14.7 Å². The minimum absolute atomic E-state index is 0.0373. The van der Waals surface area contributed by atoms with Crippen LogP contribution in [0.25, 0.3) is 5.69 Å². The van der Waals surface area contributed by atoms with Crippen LogP contribution in [0.3, 0.4) is 0 Å². The Labute approximate surface area is 176 Å². The van der Waals surface area contributed by atoms with Gasteiger partial charge in [-0.2, -0.15) is 9.78 Å². The second kappa shape index (κ2) is 11.0. The van der Waals surface area contributed by atoms with Crippen molar-refractivity contribution in [3.8, 4) is 5.69 Å². The number of rotatable bonds is 10. The molecule has 0 fully saturated rings. The van der Waals surface area contributed by atoms with E-state index >= 15 is 0 Å². The molecule has 29 heavy (non-hydrogen) atoms. The van der Waals surface area contributed by atoms with E-state index in [-0.39, 0.29) is 16.6 Å². The number of halogens is 1. The number of aromatic nitrogens is 2. The lowest BCUT2D eigenvalue weighted by Crippen LogP contribution is -2.27. The number of esters is 1. The summed E-state index contributed by atoms with van der Waals surface area (Å²) in [4.78, 5) is 27.2. The zero-order valence-corrected chi connectivity index (χ0v) is 18.2. The fourth-order valence-electron chi connectivity index (χ4n) is 3.14. The Kier molecular flexibility index (Phi) is 8.67. The second-order valence-electron chi connectivity index (χ2n) is 6.81. The van der Waals surface area contributed by atoms with Gasteiger partial charge in [0.1, 0.15) is 5.02 Å². The highest BCUT2D eigenvalue weighted by atomic mass is 35.5. The van der Waals surface area contributed by atoms with E-state index in [2.05, 4.69) is 36.1 Å². The SMILES string of the molecule is CCN(CC)CCCC(C)Nc1cnn(-c2ccccc2C(=O)OC)c(=O)c1Cl. The van der Waals surface area contributed by atoms with Gasteiger partial charge in [-0.15, -0.1) is 0 Å². The Morgan fingerprint density at radius 2 is 2.00 bits per heavy atom. The largest absolute Gasteiger partial charge is 0.465 e. The van der Waals surface area contributed by atoms with Gasteiger partial charge in [-0.3, -0.25) is 4.79 Å². The molecule has 1 aromatic carbocycles. The van der Waals surface area contributed by atoms with E-state index in [4.69, 9.17) is 16.3 Å². The van der Waals surface area contributed by atoms with Gasteiger partial charge in [0.2, 0.25) is 0 Å². The van der Waals surface area contributed by atoms with E-state index in [1.54, 1.807) is 24.3 Å². The number of ether oxygens (including phenoxy) is 1. The summed E-state index contributed by atoms with van der Waals surface area (Å²) < 4.78 is 5.90. The van der Waals surface area contributed by atoms with Crippen LogP contribution in [0, 0.1) is 0 Å². The molecule has 1 atom stereocenters. The van der Waals surface area contributed by atoms with Crippen LogP contribution < -0.4 is 10.9 Å². The molecule has 1 aromatic heterocycles. The van der Waals surface area contributed by atoms with Crippen LogP contribution in [0.4, 0.5) is 5.69 Å². The molecule has 0 saturated carbocycles. The third-order valence-electron chi connectivity index (χ3n) is 4.86. The van der Waals surface area contributed by atoms with Gasteiger partial charge in [0, 0.05) is 6.04 Å². The molecule has 2 rings (SSSR count). The lowest BCUT2D eigenvalue weighted by Gasteiger charge is -2.20. The maximum absolute atomic E-state index is 12.8. The van der Waals surface area contributed by atoms with Gasteiger partial charge < -0.3 is 15.0 Å². The maximum atomic E-state index is 12.8. The van der Waals surface area contributed by atoms with Crippen LogP contribution in [0.5, 0.6) is 0 Å². The molecular weight excluding hydrogens is 392 g/mol. The Balaban J connectivity index is 2.17. The number of para-hydroxylation sites is 1. The van der Waals surface area contributed by atoms with Crippen molar-refractivity contribution in [2.45, 2.75) is 39.7 Å². The predicted molar refractivity (Wildman–Crippen MR) is 116 cm³/mol. The quantitative estimate of drug-likeness (QED) is 0.592. The first kappa shape index (κ1) is 22.9. The van der Waals surface area contributed by atoms with Gasteiger partial charge in [0.25, 0.3) is 5.56 Å². The molecule has 0 aliphatic carbocycles. The van der Waals surface area contributed by atoms with Gasteiger partial charge in [-0.05, 0) is 51.5 Å². The van der Waals surface area contributed by atoms with Crippen molar-refractivity contribution >= 4 is 23.3 Å². The van der Waals surface area contributed by atoms with E-state index in [9.17, 15) is 9.59 Å². The second-order valence-corrected chi connectivity index (χ2v) is 7.19. The van der Waals surface area contributed by atoms with Crippen molar-refractivity contribution in [1.29, 1.82) is 0 Å². The zero-order valence-electron chi connectivity index (χ0n) is 17.4. The summed E-state index contributed by atoms with van der Waals surface area (Å²) in [7, 11) is 1.29. The number of nitrogens with one attached hydrogen (secondary N) is 1. The molecule has 158 valence electrons. The highest BCUT2D eigenvalue weighted by molar-refractivity contribution is 6.33.